The van der Waals surface area contributed by atoms with Crippen LogP contribution in [0.2, 0.25) is 0 Å². The molecule has 1 fully saturated rings. The molecule has 0 spiro atoms. The van der Waals surface area contributed by atoms with Crippen LogP contribution in [0.4, 0.5) is 15.8 Å². The van der Waals surface area contributed by atoms with Crippen LogP contribution in [0.5, 0.6) is 0 Å². The second-order valence-corrected chi connectivity index (χ2v) is 8.42. The minimum atomic E-state index is -0.518. The third-order valence-electron chi connectivity index (χ3n) is 6.11. The summed E-state index contributed by atoms with van der Waals surface area (Å²) in [4.78, 5) is 27.9. The summed E-state index contributed by atoms with van der Waals surface area (Å²) in [5.41, 5.74) is 3.03. The molecule has 6 nitrogen and oxygen atoms in total. The molecular formula is C26H26FN3O3. The number of carbonyl (C=O) groups is 1. The molecule has 0 atom stereocenters. The van der Waals surface area contributed by atoms with Crippen LogP contribution in [0.1, 0.15) is 34.3 Å². The molecule has 0 bridgehead atoms. The van der Waals surface area contributed by atoms with Crippen LogP contribution >= 0.6 is 0 Å². The molecular weight excluding hydrogens is 421 g/mol. The molecule has 1 amide bonds. The summed E-state index contributed by atoms with van der Waals surface area (Å²) in [5, 5.41) is 10.9. The van der Waals surface area contributed by atoms with E-state index >= 15 is 0 Å². The fourth-order valence-corrected chi connectivity index (χ4v) is 4.28. The summed E-state index contributed by atoms with van der Waals surface area (Å²) >= 11 is 0. The van der Waals surface area contributed by atoms with Gasteiger partial charge >= 0.3 is 0 Å². The average molecular weight is 448 g/mol. The Morgan fingerprint density at radius 3 is 2.27 bits per heavy atom. The van der Waals surface area contributed by atoms with E-state index in [0.717, 1.165) is 42.7 Å². The minimum absolute atomic E-state index is 0.0482. The summed E-state index contributed by atoms with van der Waals surface area (Å²) in [7, 11) is 0. The Morgan fingerprint density at radius 1 is 1.03 bits per heavy atom. The molecule has 7 heteroatoms. The first-order valence-corrected chi connectivity index (χ1v) is 11.0. The van der Waals surface area contributed by atoms with Gasteiger partial charge in [0.1, 0.15) is 5.82 Å². The number of anilines is 1. The second kappa shape index (κ2) is 9.92. The Hall–Kier alpha value is -3.58. The van der Waals surface area contributed by atoms with Crippen LogP contribution in [-0.2, 0) is 6.54 Å². The number of carbonyl (C=O) groups excluding carboxylic acids is 1. The number of halogens is 1. The molecule has 1 aliphatic heterocycles. The van der Waals surface area contributed by atoms with E-state index in [2.05, 4.69) is 4.90 Å². The van der Waals surface area contributed by atoms with Gasteiger partial charge in [0.05, 0.1) is 10.5 Å². The van der Waals surface area contributed by atoms with Gasteiger partial charge in [0.25, 0.3) is 11.6 Å². The number of amides is 1. The third kappa shape index (κ3) is 5.26. The van der Waals surface area contributed by atoms with Crippen molar-refractivity contribution in [3.63, 3.8) is 0 Å². The van der Waals surface area contributed by atoms with E-state index < -0.39 is 10.7 Å². The minimum Gasteiger partial charge on any atom is -0.305 e. The normalized spacial score (nSPS) is 14.7. The highest BCUT2D eigenvalue weighted by molar-refractivity contribution is 6.06. The number of aryl methyl sites for hydroxylation is 1. The van der Waals surface area contributed by atoms with E-state index in [1.807, 2.05) is 31.2 Å². The first-order valence-electron chi connectivity index (χ1n) is 11.0. The molecule has 0 N–H and O–H groups in total. The monoisotopic (exact) mass is 447 g/mol. The molecule has 3 aromatic carbocycles. The highest BCUT2D eigenvalue weighted by Gasteiger charge is 2.31. The standard InChI is InChI=1S/C26H26FN3O3/c1-19-6-10-21(11-7-19)29(26(31)24-4-2-3-5-25(24)27)22-14-16-28(17-15-22)18-20-8-12-23(13-9-20)30(32)33/h2-13,22H,14-18H2,1H3. The zero-order valence-corrected chi connectivity index (χ0v) is 18.5. The average Bonchev–Trinajstić information content (AvgIpc) is 2.82. The van der Waals surface area contributed by atoms with Crippen molar-refractivity contribution in [3.05, 3.63) is 105 Å². The number of benzene rings is 3. The van der Waals surface area contributed by atoms with Crippen molar-refractivity contribution in [2.75, 3.05) is 18.0 Å². The Labute approximate surface area is 192 Å². The molecule has 3 aromatic rings. The van der Waals surface area contributed by atoms with Crippen LogP contribution in [0, 0.1) is 22.9 Å². The molecule has 1 aliphatic rings. The molecule has 0 aliphatic carbocycles. The Morgan fingerprint density at radius 2 is 1.67 bits per heavy atom. The number of nitrogens with zero attached hydrogens (tertiary/aromatic N) is 3. The van der Waals surface area contributed by atoms with Gasteiger partial charge in [0.15, 0.2) is 0 Å². The van der Waals surface area contributed by atoms with E-state index in [-0.39, 0.29) is 23.2 Å². The van der Waals surface area contributed by atoms with E-state index in [0.29, 0.717) is 6.54 Å². The van der Waals surface area contributed by atoms with Crippen LogP contribution in [0.25, 0.3) is 0 Å². The zero-order chi connectivity index (χ0) is 23.4. The fraction of sp³-hybridized carbons (Fsp3) is 0.269. The Bertz CT molecular complexity index is 1120. The maximum Gasteiger partial charge on any atom is 0.269 e. The topological polar surface area (TPSA) is 66.7 Å². The van der Waals surface area contributed by atoms with Crippen molar-refractivity contribution in [1.82, 2.24) is 4.90 Å². The molecule has 1 saturated heterocycles. The number of piperidine rings is 1. The van der Waals surface area contributed by atoms with Gasteiger partial charge < -0.3 is 4.90 Å². The number of hydrogen-bond donors (Lipinski definition) is 0. The van der Waals surface area contributed by atoms with E-state index in [9.17, 15) is 19.3 Å². The summed E-state index contributed by atoms with van der Waals surface area (Å²) in [6.45, 7) is 4.23. The van der Waals surface area contributed by atoms with Crippen molar-refractivity contribution in [1.29, 1.82) is 0 Å². The molecule has 0 aromatic heterocycles. The number of non-ortho nitro benzene ring substituents is 1. The lowest BCUT2D eigenvalue weighted by atomic mass is 9.99. The number of nitro benzene ring substituents is 1. The molecule has 1 heterocycles. The van der Waals surface area contributed by atoms with Gasteiger partial charge in [-0.1, -0.05) is 42.0 Å². The lowest BCUT2D eigenvalue weighted by Crippen LogP contribution is -2.47. The van der Waals surface area contributed by atoms with Crippen LogP contribution in [-0.4, -0.2) is 34.9 Å². The van der Waals surface area contributed by atoms with Gasteiger partial charge in [-0.3, -0.25) is 19.8 Å². The predicted octanol–water partition coefficient (Wildman–Crippen LogP) is 5.35. The summed E-state index contributed by atoms with van der Waals surface area (Å²) in [6.07, 6.45) is 1.50. The van der Waals surface area contributed by atoms with Gasteiger partial charge in [-0.05, 0) is 49.6 Å². The smallest absolute Gasteiger partial charge is 0.269 e. The SMILES string of the molecule is Cc1ccc(N(C(=O)c2ccccc2F)C2CCN(Cc3ccc([N+](=O)[O-])cc3)CC2)cc1. The van der Waals surface area contributed by atoms with Crippen molar-refractivity contribution in [2.45, 2.75) is 32.4 Å². The molecule has 4 rings (SSSR count). The molecule has 0 radical (unpaired) electrons. The van der Waals surface area contributed by atoms with Gasteiger partial charge in [-0.25, -0.2) is 4.39 Å². The molecule has 0 saturated carbocycles. The highest BCUT2D eigenvalue weighted by atomic mass is 19.1. The van der Waals surface area contributed by atoms with Crippen molar-refractivity contribution >= 4 is 17.3 Å². The maximum absolute atomic E-state index is 14.4. The first-order chi connectivity index (χ1) is 15.9. The first kappa shape index (κ1) is 22.6. The summed E-state index contributed by atoms with van der Waals surface area (Å²) in [5.74, 6) is -0.846. The zero-order valence-electron chi connectivity index (χ0n) is 18.5. The van der Waals surface area contributed by atoms with Gasteiger partial charge in [0, 0.05) is 43.5 Å². The molecule has 33 heavy (non-hydrogen) atoms. The Kier molecular flexibility index (Phi) is 6.79. The van der Waals surface area contributed by atoms with E-state index in [4.69, 9.17) is 0 Å². The summed E-state index contributed by atoms with van der Waals surface area (Å²) < 4.78 is 14.4. The molecule has 0 unspecified atom stereocenters. The quantitative estimate of drug-likeness (QED) is 0.377. The van der Waals surface area contributed by atoms with Crippen molar-refractivity contribution in [3.8, 4) is 0 Å². The van der Waals surface area contributed by atoms with E-state index in [1.54, 1.807) is 29.2 Å². The van der Waals surface area contributed by atoms with Gasteiger partial charge in [-0.15, -0.1) is 0 Å². The summed E-state index contributed by atoms with van der Waals surface area (Å²) in [6, 6.07) is 20.4. The van der Waals surface area contributed by atoms with Crippen molar-refractivity contribution < 1.29 is 14.1 Å². The lowest BCUT2D eigenvalue weighted by molar-refractivity contribution is -0.384. The Balaban J connectivity index is 1.49. The van der Waals surface area contributed by atoms with Crippen LogP contribution < -0.4 is 4.90 Å². The van der Waals surface area contributed by atoms with Gasteiger partial charge in [-0.2, -0.15) is 0 Å². The predicted molar refractivity (Wildman–Crippen MR) is 126 cm³/mol. The largest absolute Gasteiger partial charge is 0.305 e. The van der Waals surface area contributed by atoms with E-state index in [1.165, 1.54) is 24.3 Å². The number of hydrogen-bond acceptors (Lipinski definition) is 4. The van der Waals surface area contributed by atoms with Crippen molar-refractivity contribution in [2.24, 2.45) is 0 Å². The second-order valence-electron chi connectivity index (χ2n) is 8.42. The third-order valence-corrected chi connectivity index (χ3v) is 6.11. The van der Waals surface area contributed by atoms with Crippen LogP contribution in [0.15, 0.2) is 72.8 Å². The molecule has 170 valence electrons. The highest BCUT2D eigenvalue weighted by Crippen LogP contribution is 2.28. The van der Waals surface area contributed by atoms with Crippen LogP contribution in [0.3, 0.4) is 0 Å². The maximum atomic E-state index is 14.4. The number of rotatable bonds is 6. The number of nitro groups is 1. The fourth-order valence-electron chi connectivity index (χ4n) is 4.28. The van der Waals surface area contributed by atoms with Gasteiger partial charge in [0.2, 0.25) is 0 Å². The lowest BCUT2D eigenvalue weighted by Gasteiger charge is -2.38. The number of likely N-dealkylation sites (tertiary alicyclic amines) is 1.